The molecule has 7 heteroatoms. The Morgan fingerprint density at radius 1 is 1.00 bits per heavy atom. The molecule has 3 atom stereocenters. The summed E-state index contributed by atoms with van der Waals surface area (Å²) in [5.41, 5.74) is 4.59. The van der Waals surface area contributed by atoms with E-state index in [1.165, 1.54) is 0 Å². The highest BCUT2D eigenvalue weighted by atomic mass is 16.5. The average molecular weight is 479 g/mol. The molecule has 0 aromatic heterocycles. The standard InChI is InChI=1S/C28H34N2O5/c1-17(2)13-25(27(33)29-19-12-11-18(14-19)15-26(31)32)30-28(34)35-16-24-22-9-5-3-7-20(22)21-8-4-6-10-23(21)24/h3-10,17-19,24-25H,11-16H2,1-2H3,(H,29,33)(H,30,34)(H,31,32)/t18-,19+,25-/m0/s1. The molecular weight excluding hydrogens is 444 g/mol. The van der Waals surface area contributed by atoms with Crippen LogP contribution in [0, 0.1) is 11.8 Å². The van der Waals surface area contributed by atoms with Gasteiger partial charge in [0.15, 0.2) is 0 Å². The number of amides is 2. The Balaban J connectivity index is 1.35. The van der Waals surface area contributed by atoms with Gasteiger partial charge in [-0.05, 0) is 59.8 Å². The van der Waals surface area contributed by atoms with Gasteiger partial charge < -0.3 is 20.5 Å². The molecule has 0 aliphatic heterocycles. The van der Waals surface area contributed by atoms with E-state index >= 15 is 0 Å². The van der Waals surface area contributed by atoms with Crippen LogP contribution in [0.5, 0.6) is 0 Å². The fourth-order valence-electron chi connectivity index (χ4n) is 5.43. The van der Waals surface area contributed by atoms with Crippen molar-refractivity contribution in [2.24, 2.45) is 11.8 Å². The van der Waals surface area contributed by atoms with Crippen molar-refractivity contribution < 1.29 is 24.2 Å². The molecule has 0 spiro atoms. The quantitative estimate of drug-likeness (QED) is 0.485. The summed E-state index contributed by atoms with van der Waals surface area (Å²) in [5, 5.41) is 14.8. The Kier molecular flexibility index (Phi) is 7.73. The minimum absolute atomic E-state index is 0.0461. The first-order valence-corrected chi connectivity index (χ1v) is 12.5. The number of carboxylic acids is 1. The maximum Gasteiger partial charge on any atom is 0.407 e. The second-order valence-corrected chi connectivity index (χ2v) is 10.1. The van der Waals surface area contributed by atoms with E-state index in [0.29, 0.717) is 12.8 Å². The van der Waals surface area contributed by atoms with E-state index in [1.807, 2.05) is 38.1 Å². The number of hydrogen-bond acceptors (Lipinski definition) is 4. The second-order valence-electron chi connectivity index (χ2n) is 10.1. The lowest BCUT2D eigenvalue weighted by atomic mass is 9.98. The van der Waals surface area contributed by atoms with E-state index in [9.17, 15) is 14.4 Å². The van der Waals surface area contributed by atoms with E-state index in [4.69, 9.17) is 9.84 Å². The van der Waals surface area contributed by atoms with Crippen LogP contribution in [0.4, 0.5) is 4.79 Å². The Morgan fingerprint density at radius 3 is 2.23 bits per heavy atom. The Bertz CT molecular complexity index is 1040. The van der Waals surface area contributed by atoms with Crippen LogP contribution in [0.3, 0.4) is 0 Å². The van der Waals surface area contributed by atoms with Gasteiger partial charge in [-0.1, -0.05) is 62.4 Å². The zero-order chi connectivity index (χ0) is 24.9. The number of nitrogens with one attached hydrogen (secondary N) is 2. The third kappa shape index (κ3) is 6.02. The fraction of sp³-hybridized carbons (Fsp3) is 0.464. The first-order chi connectivity index (χ1) is 16.8. The summed E-state index contributed by atoms with van der Waals surface area (Å²) in [6.07, 6.45) is 2.19. The van der Waals surface area contributed by atoms with E-state index in [-0.39, 0.29) is 42.7 Å². The molecule has 2 aromatic carbocycles. The van der Waals surface area contributed by atoms with Crippen LogP contribution >= 0.6 is 0 Å². The number of carbonyl (C=O) groups excluding carboxylic acids is 2. The van der Waals surface area contributed by atoms with Crippen LogP contribution in [0.2, 0.25) is 0 Å². The highest BCUT2D eigenvalue weighted by Gasteiger charge is 2.32. The van der Waals surface area contributed by atoms with Gasteiger partial charge >= 0.3 is 12.1 Å². The molecule has 1 fully saturated rings. The maximum atomic E-state index is 13.0. The Hall–Kier alpha value is -3.35. The lowest BCUT2D eigenvalue weighted by Gasteiger charge is -2.23. The van der Waals surface area contributed by atoms with Crippen LogP contribution in [-0.2, 0) is 14.3 Å². The zero-order valence-corrected chi connectivity index (χ0v) is 20.3. The topological polar surface area (TPSA) is 105 Å². The van der Waals surface area contributed by atoms with Gasteiger partial charge in [0.25, 0.3) is 0 Å². The smallest absolute Gasteiger partial charge is 0.407 e. The summed E-state index contributed by atoms with van der Waals surface area (Å²) in [6.45, 7) is 4.19. The first kappa shape index (κ1) is 24.8. The summed E-state index contributed by atoms with van der Waals surface area (Å²) < 4.78 is 5.64. The van der Waals surface area contributed by atoms with Crippen molar-refractivity contribution in [1.29, 1.82) is 0 Å². The van der Waals surface area contributed by atoms with Crippen molar-refractivity contribution in [2.45, 2.75) is 64.0 Å². The SMILES string of the molecule is CC(C)C[C@H](NC(=O)OCC1c2ccccc2-c2ccccc21)C(=O)N[C@@H]1CC[C@H](CC(=O)O)C1. The number of fused-ring (bicyclic) bond motifs is 3. The van der Waals surface area contributed by atoms with Crippen molar-refractivity contribution in [3.63, 3.8) is 0 Å². The summed E-state index contributed by atoms with van der Waals surface area (Å²) in [5.74, 6) is -0.820. The van der Waals surface area contributed by atoms with E-state index in [2.05, 4.69) is 34.9 Å². The number of carbonyl (C=O) groups is 3. The molecule has 0 heterocycles. The molecule has 0 radical (unpaired) electrons. The molecule has 0 bridgehead atoms. The molecule has 2 aliphatic carbocycles. The molecule has 2 aliphatic rings. The number of aliphatic carboxylic acids is 1. The fourth-order valence-corrected chi connectivity index (χ4v) is 5.43. The van der Waals surface area contributed by atoms with Crippen LogP contribution < -0.4 is 10.6 Å². The summed E-state index contributed by atoms with van der Waals surface area (Å²) in [4.78, 5) is 36.7. The van der Waals surface area contributed by atoms with Crippen LogP contribution in [0.1, 0.15) is 63.0 Å². The molecular formula is C28H34N2O5. The highest BCUT2D eigenvalue weighted by Crippen LogP contribution is 2.44. The molecule has 7 nitrogen and oxygen atoms in total. The third-order valence-corrected chi connectivity index (χ3v) is 7.01. The van der Waals surface area contributed by atoms with Crippen molar-refractivity contribution in [1.82, 2.24) is 10.6 Å². The molecule has 4 rings (SSSR count). The summed E-state index contributed by atoms with van der Waals surface area (Å²) in [7, 11) is 0. The van der Waals surface area contributed by atoms with Crippen LogP contribution in [0.25, 0.3) is 11.1 Å². The molecule has 2 aromatic rings. The van der Waals surface area contributed by atoms with Crippen molar-refractivity contribution in [3.05, 3.63) is 59.7 Å². The van der Waals surface area contributed by atoms with Gasteiger partial charge in [-0.25, -0.2) is 4.79 Å². The van der Waals surface area contributed by atoms with Gasteiger partial charge in [-0.15, -0.1) is 0 Å². The minimum Gasteiger partial charge on any atom is -0.481 e. The zero-order valence-electron chi connectivity index (χ0n) is 20.3. The number of hydrogen-bond donors (Lipinski definition) is 3. The monoisotopic (exact) mass is 478 g/mol. The lowest BCUT2D eigenvalue weighted by Crippen LogP contribution is -2.50. The van der Waals surface area contributed by atoms with E-state index in [1.54, 1.807) is 0 Å². The highest BCUT2D eigenvalue weighted by molar-refractivity contribution is 5.86. The number of ether oxygens (including phenoxy) is 1. The molecule has 2 amide bonds. The van der Waals surface area contributed by atoms with Gasteiger partial charge in [0.2, 0.25) is 5.91 Å². The second kappa shape index (κ2) is 10.9. The Morgan fingerprint density at radius 2 is 1.63 bits per heavy atom. The van der Waals surface area contributed by atoms with Gasteiger partial charge in [-0.2, -0.15) is 0 Å². The molecule has 0 unspecified atom stereocenters. The Labute approximate surface area is 206 Å². The third-order valence-electron chi connectivity index (χ3n) is 7.01. The number of alkyl carbamates (subject to hydrolysis) is 1. The molecule has 0 saturated heterocycles. The largest absolute Gasteiger partial charge is 0.481 e. The summed E-state index contributed by atoms with van der Waals surface area (Å²) in [6, 6.07) is 15.5. The number of benzene rings is 2. The number of carboxylic acid groups (broad SMARTS) is 1. The first-order valence-electron chi connectivity index (χ1n) is 12.5. The van der Waals surface area contributed by atoms with E-state index < -0.39 is 18.1 Å². The molecule has 3 N–H and O–H groups in total. The normalized spacial score (nSPS) is 19.6. The lowest BCUT2D eigenvalue weighted by molar-refractivity contribution is -0.138. The van der Waals surface area contributed by atoms with Crippen molar-refractivity contribution in [3.8, 4) is 11.1 Å². The van der Waals surface area contributed by atoms with Crippen LogP contribution in [-0.4, -0.2) is 41.8 Å². The molecule has 35 heavy (non-hydrogen) atoms. The van der Waals surface area contributed by atoms with Gasteiger partial charge in [0.05, 0.1) is 0 Å². The molecule has 186 valence electrons. The maximum absolute atomic E-state index is 13.0. The van der Waals surface area contributed by atoms with Gasteiger partial charge in [0, 0.05) is 18.4 Å². The number of rotatable bonds is 9. The van der Waals surface area contributed by atoms with E-state index in [0.717, 1.165) is 35.1 Å². The minimum atomic E-state index is -0.809. The molecule has 1 saturated carbocycles. The van der Waals surface area contributed by atoms with Crippen molar-refractivity contribution in [2.75, 3.05) is 6.61 Å². The summed E-state index contributed by atoms with van der Waals surface area (Å²) >= 11 is 0. The van der Waals surface area contributed by atoms with Crippen LogP contribution in [0.15, 0.2) is 48.5 Å². The predicted octanol–water partition coefficient (Wildman–Crippen LogP) is 4.70. The van der Waals surface area contributed by atoms with Gasteiger partial charge in [0.1, 0.15) is 12.6 Å². The average Bonchev–Trinajstić information content (AvgIpc) is 3.38. The van der Waals surface area contributed by atoms with Crippen molar-refractivity contribution >= 4 is 18.0 Å². The predicted molar refractivity (Wildman–Crippen MR) is 133 cm³/mol. The van der Waals surface area contributed by atoms with Gasteiger partial charge in [-0.3, -0.25) is 9.59 Å².